The highest BCUT2D eigenvalue weighted by molar-refractivity contribution is 8.14. The summed E-state index contributed by atoms with van der Waals surface area (Å²) in [5.41, 5.74) is 5.02. The van der Waals surface area contributed by atoms with Gasteiger partial charge in [-0.1, -0.05) is 90.3 Å². The number of pyridine rings is 2. The summed E-state index contributed by atoms with van der Waals surface area (Å²) in [4.78, 5) is 59.7. The molecule has 8 rings (SSSR count). The van der Waals surface area contributed by atoms with E-state index >= 15 is 0 Å². The molecule has 4 aromatic carbocycles. The van der Waals surface area contributed by atoms with Crippen LogP contribution in [0.2, 0.25) is 0 Å². The number of benzene rings is 4. The summed E-state index contributed by atoms with van der Waals surface area (Å²) in [7, 11) is 6.27. The summed E-state index contributed by atoms with van der Waals surface area (Å²) in [5, 5.41) is 17.2. The van der Waals surface area contributed by atoms with Crippen molar-refractivity contribution in [2.45, 2.75) is 12.3 Å². The van der Waals surface area contributed by atoms with Gasteiger partial charge in [-0.15, -0.1) is 0 Å². The SMILES string of the molecule is COc1ccc(C2=NN(C(NC(=O)c3ccccn3)c3ccccc3)C(=O)SC2)cc1OC.COc1ccc(C2=NN(C(NC(=O)c3cccnc3)c3ccccc3)C(=O)SC2)cc1OC. The number of carbonyl (C=O) groups excluding carboxylic acids is 4. The number of hydrogen-bond acceptors (Lipinski definition) is 14. The molecule has 4 heterocycles. The van der Waals surface area contributed by atoms with Crippen LogP contribution in [0.4, 0.5) is 9.59 Å². The second-order valence-electron chi connectivity index (χ2n) is 14.1. The average molecular weight is 925 g/mol. The van der Waals surface area contributed by atoms with E-state index < -0.39 is 18.2 Å². The van der Waals surface area contributed by atoms with Crippen LogP contribution in [0.3, 0.4) is 0 Å². The van der Waals surface area contributed by atoms with E-state index in [4.69, 9.17) is 18.9 Å². The molecule has 16 nitrogen and oxygen atoms in total. The van der Waals surface area contributed by atoms with Crippen LogP contribution < -0.4 is 29.6 Å². The molecule has 0 aliphatic carbocycles. The molecular formula is C48H44N8O8S2. The van der Waals surface area contributed by atoms with Crippen molar-refractivity contribution in [2.75, 3.05) is 39.9 Å². The summed E-state index contributed by atoms with van der Waals surface area (Å²) in [6.07, 6.45) is 3.01. The van der Waals surface area contributed by atoms with E-state index in [1.807, 2.05) is 84.9 Å². The van der Waals surface area contributed by atoms with Gasteiger partial charge in [0.15, 0.2) is 35.3 Å². The molecule has 6 aromatic rings. The third kappa shape index (κ3) is 11.1. The van der Waals surface area contributed by atoms with Crippen molar-refractivity contribution < 1.29 is 38.1 Å². The summed E-state index contributed by atoms with van der Waals surface area (Å²) in [6, 6.07) is 37.8. The summed E-state index contributed by atoms with van der Waals surface area (Å²) >= 11 is 2.23. The van der Waals surface area contributed by atoms with Crippen LogP contribution >= 0.6 is 23.5 Å². The Morgan fingerprint density at radius 1 is 0.561 bits per heavy atom. The fraction of sp³-hybridized carbons (Fsp3) is 0.167. The Morgan fingerprint density at radius 3 is 1.48 bits per heavy atom. The van der Waals surface area contributed by atoms with Crippen molar-refractivity contribution in [3.05, 3.63) is 179 Å². The zero-order valence-electron chi connectivity index (χ0n) is 36.2. The van der Waals surface area contributed by atoms with E-state index in [1.54, 1.807) is 83.3 Å². The monoisotopic (exact) mass is 924 g/mol. The van der Waals surface area contributed by atoms with Gasteiger partial charge in [-0.2, -0.15) is 20.2 Å². The Morgan fingerprint density at radius 2 is 1.05 bits per heavy atom. The molecule has 4 amide bonds. The molecule has 18 heteroatoms. The minimum absolute atomic E-state index is 0.250. The van der Waals surface area contributed by atoms with Gasteiger partial charge in [-0.3, -0.25) is 29.1 Å². The van der Waals surface area contributed by atoms with Crippen LogP contribution in [-0.4, -0.2) is 93.6 Å². The van der Waals surface area contributed by atoms with Gasteiger partial charge < -0.3 is 29.6 Å². The molecule has 0 fully saturated rings. The number of thioether (sulfide) groups is 2. The molecule has 2 N–H and O–H groups in total. The number of rotatable bonds is 14. The molecule has 0 radical (unpaired) electrons. The average Bonchev–Trinajstić information content (AvgIpc) is 3.38. The van der Waals surface area contributed by atoms with Crippen LogP contribution in [0.1, 0.15) is 55.4 Å². The molecule has 0 bridgehead atoms. The van der Waals surface area contributed by atoms with Crippen LogP contribution in [0, 0.1) is 0 Å². The predicted octanol–water partition coefficient (Wildman–Crippen LogP) is 8.20. The van der Waals surface area contributed by atoms with Crippen molar-refractivity contribution >= 4 is 57.2 Å². The summed E-state index contributed by atoms with van der Waals surface area (Å²) in [5.74, 6) is 2.35. The number of ether oxygens (including phenoxy) is 4. The van der Waals surface area contributed by atoms with Crippen LogP contribution in [0.15, 0.2) is 156 Å². The highest BCUT2D eigenvalue weighted by Crippen LogP contribution is 2.34. The zero-order valence-corrected chi connectivity index (χ0v) is 37.8. The fourth-order valence-electron chi connectivity index (χ4n) is 6.67. The lowest BCUT2D eigenvalue weighted by atomic mass is 10.1. The van der Waals surface area contributed by atoms with Crippen LogP contribution in [0.5, 0.6) is 23.0 Å². The first-order chi connectivity index (χ1) is 32.2. The number of hydrogen-bond donors (Lipinski definition) is 2. The third-order valence-corrected chi connectivity index (χ3v) is 11.7. The van der Waals surface area contributed by atoms with Crippen LogP contribution in [-0.2, 0) is 0 Å². The number of hydrazone groups is 2. The molecule has 2 aliphatic heterocycles. The van der Waals surface area contributed by atoms with Crippen molar-refractivity contribution in [3.8, 4) is 23.0 Å². The zero-order chi connectivity index (χ0) is 46.4. The van der Waals surface area contributed by atoms with Crippen molar-refractivity contribution in [3.63, 3.8) is 0 Å². The van der Waals surface area contributed by atoms with Crippen LogP contribution in [0.25, 0.3) is 0 Å². The van der Waals surface area contributed by atoms with Crippen molar-refractivity contribution in [1.82, 2.24) is 30.6 Å². The molecule has 2 atom stereocenters. The Bertz CT molecular complexity index is 2530. The molecule has 0 spiro atoms. The quantitative estimate of drug-likeness (QED) is 0.107. The summed E-state index contributed by atoms with van der Waals surface area (Å²) < 4.78 is 21.4. The predicted molar refractivity (Wildman–Crippen MR) is 253 cm³/mol. The third-order valence-electron chi connectivity index (χ3n) is 10.0. The largest absolute Gasteiger partial charge is 0.493 e. The lowest BCUT2D eigenvalue weighted by Crippen LogP contribution is -2.43. The molecule has 2 aromatic heterocycles. The van der Waals surface area contributed by atoms with E-state index in [0.29, 0.717) is 57.1 Å². The topological polar surface area (TPSA) is 186 Å². The van der Waals surface area contributed by atoms with Crippen molar-refractivity contribution in [1.29, 1.82) is 0 Å². The maximum absolute atomic E-state index is 12.9. The number of nitrogens with zero attached hydrogens (tertiary/aromatic N) is 6. The number of amides is 4. The van der Waals surface area contributed by atoms with Gasteiger partial charge in [0.1, 0.15) is 5.69 Å². The number of methoxy groups -OCH3 is 4. The Hall–Kier alpha value is -7.70. The number of nitrogens with one attached hydrogen (secondary N) is 2. The normalized spacial score (nSPS) is 14.3. The Kier molecular flexibility index (Phi) is 15.6. The second kappa shape index (κ2) is 22.3. The smallest absolute Gasteiger partial charge is 0.304 e. The molecule has 0 saturated heterocycles. The van der Waals surface area contributed by atoms with Gasteiger partial charge >= 0.3 is 10.5 Å². The molecule has 336 valence electrons. The highest BCUT2D eigenvalue weighted by Gasteiger charge is 2.33. The van der Waals surface area contributed by atoms with E-state index in [9.17, 15) is 19.2 Å². The first-order valence-corrected chi connectivity index (χ1v) is 22.2. The number of carbonyl (C=O) groups is 4. The molecular weight excluding hydrogens is 881 g/mol. The Labute approximate surface area is 389 Å². The molecule has 66 heavy (non-hydrogen) atoms. The maximum atomic E-state index is 12.9. The van der Waals surface area contributed by atoms with Crippen molar-refractivity contribution in [2.24, 2.45) is 10.2 Å². The van der Waals surface area contributed by atoms with Gasteiger partial charge in [0.05, 0.1) is 45.4 Å². The molecule has 0 saturated carbocycles. The first kappa shape index (κ1) is 46.3. The minimum Gasteiger partial charge on any atom is -0.493 e. The minimum atomic E-state index is -0.809. The fourth-order valence-corrected chi connectivity index (χ4v) is 8.20. The van der Waals surface area contributed by atoms with E-state index in [1.165, 1.54) is 16.2 Å². The lowest BCUT2D eigenvalue weighted by molar-refractivity contribution is 0.0875. The summed E-state index contributed by atoms with van der Waals surface area (Å²) in [6.45, 7) is 0. The van der Waals surface area contributed by atoms with E-state index in [2.05, 4.69) is 30.8 Å². The standard InChI is InChI=1S/2C24H22N4O4S/c1-31-20-12-11-17(14-21(20)32-2)19-15-33-24(30)28(27-19)22(16-8-4-3-5-9-16)26-23(29)18-10-6-7-13-25-18;1-31-20-11-10-17(13-21(20)32-2)19-15-33-24(30)28(27-19)22(16-7-4-3-5-8-16)26-23(29)18-9-6-12-25-14-18/h2*3-14,22H,15H2,1-2H3,(H,26,29). The first-order valence-electron chi connectivity index (χ1n) is 20.3. The maximum Gasteiger partial charge on any atom is 0.304 e. The Balaban J connectivity index is 0.000000196. The van der Waals surface area contributed by atoms with Gasteiger partial charge in [0, 0.05) is 41.2 Å². The van der Waals surface area contributed by atoms with Gasteiger partial charge in [0.25, 0.3) is 11.8 Å². The van der Waals surface area contributed by atoms with Gasteiger partial charge in [0.2, 0.25) is 0 Å². The van der Waals surface area contributed by atoms with E-state index in [0.717, 1.165) is 40.2 Å². The lowest BCUT2D eigenvalue weighted by Gasteiger charge is -2.31. The van der Waals surface area contributed by atoms with Gasteiger partial charge in [-0.25, -0.2) is 0 Å². The molecule has 2 unspecified atom stereocenters. The highest BCUT2D eigenvalue weighted by atomic mass is 32.2. The van der Waals surface area contributed by atoms with Gasteiger partial charge in [-0.05, 0) is 71.8 Å². The number of aromatic nitrogens is 2. The van der Waals surface area contributed by atoms with E-state index in [-0.39, 0.29) is 22.1 Å². The second-order valence-corrected chi connectivity index (χ2v) is 15.9. The molecule has 2 aliphatic rings.